The quantitative estimate of drug-likeness (QED) is 0.738. The molecule has 0 saturated heterocycles. The summed E-state index contributed by atoms with van der Waals surface area (Å²) in [4.78, 5) is 0.0342. The normalized spacial score (nSPS) is 13.4. The average molecular weight is 324 g/mol. The summed E-state index contributed by atoms with van der Waals surface area (Å²) in [5.41, 5.74) is 0.472. The van der Waals surface area contributed by atoms with Gasteiger partial charge in [-0.25, -0.2) is 13.1 Å². The van der Waals surface area contributed by atoms with E-state index in [0.29, 0.717) is 5.56 Å². The highest BCUT2D eigenvalue weighted by atomic mass is 35.5. The van der Waals surface area contributed by atoms with Gasteiger partial charge in [0.15, 0.2) is 0 Å². The molecule has 0 aliphatic heterocycles. The van der Waals surface area contributed by atoms with Crippen molar-refractivity contribution in [3.8, 4) is 0 Å². The van der Waals surface area contributed by atoms with Crippen molar-refractivity contribution in [2.75, 3.05) is 27.4 Å². The maximum atomic E-state index is 12.1. The number of ether oxygens (including phenoxy) is 2. The number of methoxy groups -OCH3 is 2. The Balaban J connectivity index is 2.81. The Morgan fingerprint density at radius 1 is 1.40 bits per heavy atom. The van der Waals surface area contributed by atoms with Gasteiger partial charge in [0.1, 0.15) is 0 Å². The lowest BCUT2D eigenvalue weighted by Crippen LogP contribution is -2.35. The molecular formula is C12H18ClNO5S. The second kappa shape index (κ2) is 7.92. The highest BCUT2D eigenvalue weighted by Crippen LogP contribution is 2.20. The second-order valence-corrected chi connectivity index (χ2v) is 6.25. The van der Waals surface area contributed by atoms with E-state index >= 15 is 0 Å². The minimum Gasteiger partial charge on any atom is -0.392 e. The Kier molecular flexibility index (Phi) is 6.87. The largest absolute Gasteiger partial charge is 0.392 e. The molecule has 20 heavy (non-hydrogen) atoms. The second-order valence-electron chi connectivity index (χ2n) is 4.08. The Bertz CT molecular complexity index is 535. The summed E-state index contributed by atoms with van der Waals surface area (Å²) in [6, 6.07) is 4.16. The van der Waals surface area contributed by atoms with Crippen LogP contribution in [0.1, 0.15) is 5.56 Å². The molecule has 1 aromatic rings. The van der Waals surface area contributed by atoms with E-state index in [2.05, 4.69) is 4.72 Å². The molecule has 2 N–H and O–H groups in total. The van der Waals surface area contributed by atoms with E-state index in [4.69, 9.17) is 26.2 Å². The zero-order valence-electron chi connectivity index (χ0n) is 11.3. The van der Waals surface area contributed by atoms with E-state index in [9.17, 15) is 8.42 Å². The fourth-order valence-corrected chi connectivity index (χ4v) is 2.90. The van der Waals surface area contributed by atoms with Gasteiger partial charge in [0.2, 0.25) is 10.0 Å². The number of hydrogen-bond donors (Lipinski definition) is 2. The van der Waals surface area contributed by atoms with Gasteiger partial charge >= 0.3 is 0 Å². The number of rotatable bonds is 8. The lowest BCUT2D eigenvalue weighted by molar-refractivity contribution is 0.0320. The average Bonchev–Trinajstić information content (AvgIpc) is 2.43. The maximum Gasteiger partial charge on any atom is 0.240 e. The smallest absolute Gasteiger partial charge is 0.240 e. The lowest BCUT2D eigenvalue weighted by atomic mass is 10.2. The number of benzene rings is 1. The minimum absolute atomic E-state index is 0.0342. The van der Waals surface area contributed by atoms with Crippen molar-refractivity contribution in [2.45, 2.75) is 17.6 Å². The van der Waals surface area contributed by atoms with Crippen molar-refractivity contribution in [3.63, 3.8) is 0 Å². The first-order chi connectivity index (χ1) is 9.44. The van der Waals surface area contributed by atoms with Gasteiger partial charge in [-0.05, 0) is 17.7 Å². The van der Waals surface area contributed by atoms with Gasteiger partial charge in [0.25, 0.3) is 0 Å². The molecular weight excluding hydrogens is 306 g/mol. The molecule has 0 aliphatic rings. The van der Waals surface area contributed by atoms with Crippen LogP contribution >= 0.6 is 11.6 Å². The first kappa shape index (κ1) is 17.4. The van der Waals surface area contributed by atoms with Crippen LogP contribution in [0.15, 0.2) is 23.1 Å². The summed E-state index contributed by atoms with van der Waals surface area (Å²) in [5.74, 6) is 0. The summed E-state index contributed by atoms with van der Waals surface area (Å²) in [6.07, 6.45) is -0.373. The summed E-state index contributed by atoms with van der Waals surface area (Å²) in [5, 5.41) is 9.20. The molecule has 0 heterocycles. The van der Waals surface area contributed by atoms with Crippen molar-refractivity contribution in [3.05, 3.63) is 28.8 Å². The molecule has 0 spiro atoms. The fraction of sp³-hybridized carbons (Fsp3) is 0.500. The Labute approximate surface area is 123 Å². The van der Waals surface area contributed by atoms with Gasteiger partial charge in [0, 0.05) is 25.8 Å². The van der Waals surface area contributed by atoms with Gasteiger partial charge in [-0.2, -0.15) is 0 Å². The van der Waals surface area contributed by atoms with Crippen LogP contribution in [0.3, 0.4) is 0 Å². The third-order valence-electron chi connectivity index (χ3n) is 2.69. The number of halogens is 1. The predicted molar refractivity (Wildman–Crippen MR) is 75.2 cm³/mol. The Morgan fingerprint density at radius 3 is 2.60 bits per heavy atom. The van der Waals surface area contributed by atoms with Crippen LogP contribution in [-0.2, 0) is 26.1 Å². The molecule has 1 aromatic carbocycles. The van der Waals surface area contributed by atoms with Crippen molar-refractivity contribution in [1.82, 2.24) is 4.72 Å². The maximum absolute atomic E-state index is 12.1. The molecule has 1 unspecified atom stereocenters. The summed E-state index contributed by atoms with van der Waals surface area (Å²) in [7, 11) is -0.698. The van der Waals surface area contributed by atoms with Crippen LogP contribution < -0.4 is 4.72 Å². The van der Waals surface area contributed by atoms with E-state index in [1.54, 1.807) is 0 Å². The molecule has 114 valence electrons. The highest BCUT2D eigenvalue weighted by Gasteiger charge is 2.18. The molecule has 0 bridgehead atoms. The lowest BCUT2D eigenvalue weighted by Gasteiger charge is -2.15. The summed E-state index contributed by atoms with van der Waals surface area (Å²) in [6.45, 7) is 0.126. The third-order valence-corrected chi connectivity index (χ3v) is 4.47. The SMILES string of the molecule is COCC(CNS(=O)(=O)c1ccc(CO)c(Cl)c1)OC. The van der Waals surface area contributed by atoms with E-state index in [-0.39, 0.29) is 35.8 Å². The van der Waals surface area contributed by atoms with Gasteiger partial charge in [-0.1, -0.05) is 17.7 Å². The van der Waals surface area contributed by atoms with Crippen LogP contribution in [0.2, 0.25) is 5.02 Å². The molecule has 1 rings (SSSR count). The van der Waals surface area contributed by atoms with E-state index < -0.39 is 10.0 Å². The zero-order chi connectivity index (χ0) is 15.2. The number of aliphatic hydroxyl groups excluding tert-OH is 1. The molecule has 0 saturated carbocycles. The molecule has 1 atom stereocenters. The van der Waals surface area contributed by atoms with Gasteiger partial charge in [-0.3, -0.25) is 0 Å². The van der Waals surface area contributed by atoms with Crippen molar-refractivity contribution < 1.29 is 23.0 Å². The van der Waals surface area contributed by atoms with Crippen LogP contribution in [0, 0.1) is 0 Å². The Morgan fingerprint density at radius 2 is 2.10 bits per heavy atom. The monoisotopic (exact) mass is 323 g/mol. The standard InChI is InChI=1S/C12H18ClNO5S/c1-18-8-10(19-2)6-14-20(16,17)11-4-3-9(7-15)12(13)5-11/h3-5,10,14-15H,6-8H2,1-2H3. The third kappa shape index (κ3) is 4.69. The van der Waals surface area contributed by atoms with Crippen LogP contribution in [0.5, 0.6) is 0 Å². The van der Waals surface area contributed by atoms with Crippen LogP contribution in [0.25, 0.3) is 0 Å². The van der Waals surface area contributed by atoms with E-state index in [1.165, 1.54) is 32.4 Å². The summed E-state index contributed by atoms with van der Waals surface area (Å²) < 4.78 is 36.6. The molecule has 8 heteroatoms. The predicted octanol–water partition coefficient (Wildman–Crippen LogP) is 0.772. The molecule has 6 nitrogen and oxygen atoms in total. The number of sulfonamides is 1. The molecule has 0 fully saturated rings. The molecule has 0 radical (unpaired) electrons. The number of aliphatic hydroxyl groups is 1. The molecule has 0 amide bonds. The first-order valence-corrected chi connectivity index (χ1v) is 7.71. The van der Waals surface area contributed by atoms with Crippen LogP contribution in [0.4, 0.5) is 0 Å². The topological polar surface area (TPSA) is 84.9 Å². The fourth-order valence-electron chi connectivity index (χ4n) is 1.51. The molecule has 0 aliphatic carbocycles. The zero-order valence-corrected chi connectivity index (χ0v) is 12.9. The summed E-state index contributed by atoms with van der Waals surface area (Å²) >= 11 is 5.88. The van der Waals surface area contributed by atoms with Crippen molar-refractivity contribution >= 4 is 21.6 Å². The van der Waals surface area contributed by atoms with Crippen LogP contribution in [-0.4, -0.2) is 47.0 Å². The van der Waals surface area contributed by atoms with E-state index in [0.717, 1.165) is 0 Å². The van der Waals surface area contributed by atoms with Gasteiger partial charge in [-0.15, -0.1) is 0 Å². The number of hydrogen-bond acceptors (Lipinski definition) is 5. The van der Waals surface area contributed by atoms with Gasteiger partial charge < -0.3 is 14.6 Å². The van der Waals surface area contributed by atoms with Gasteiger partial charge in [0.05, 0.1) is 24.2 Å². The molecule has 0 aromatic heterocycles. The van der Waals surface area contributed by atoms with Crippen molar-refractivity contribution in [1.29, 1.82) is 0 Å². The van der Waals surface area contributed by atoms with Crippen molar-refractivity contribution in [2.24, 2.45) is 0 Å². The number of nitrogens with one attached hydrogen (secondary N) is 1. The van der Waals surface area contributed by atoms with E-state index in [1.807, 2.05) is 0 Å². The highest BCUT2D eigenvalue weighted by molar-refractivity contribution is 7.89. The first-order valence-electron chi connectivity index (χ1n) is 5.85. The Hall–Kier alpha value is -0.700. The minimum atomic E-state index is -3.68.